The summed E-state index contributed by atoms with van der Waals surface area (Å²) in [5.74, 6) is -0.401. The second-order valence-electron chi connectivity index (χ2n) is 12.0. The van der Waals surface area contributed by atoms with Crippen LogP contribution in [0.4, 0.5) is 14.9 Å². The van der Waals surface area contributed by atoms with Crippen LogP contribution in [0.3, 0.4) is 0 Å². The van der Waals surface area contributed by atoms with Crippen LogP contribution in [0.2, 0.25) is 0 Å². The Balaban J connectivity index is 1.09. The van der Waals surface area contributed by atoms with E-state index >= 15 is 0 Å². The highest BCUT2D eigenvalue weighted by Crippen LogP contribution is 2.37. The van der Waals surface area contributed by atoms with Gasteiger partial charge in [0.2, 0.25) is 0 Å². The zero-order valence-corrected chi connectivity index (χ0v) is 29.7. The third-order valence-corrected chi connectivity index (χ3v) is 10.3. The van der Waals surface area contributed by atoms with Crippen molar-refractivity contribution in [3.05, 3.63) is 116 Å². The minimum Gasteiger partial charge on any atom is -0.478 e. The molecule has 3 aliphatic heterocycles. The van der Waals surface area contributed by atoms with Gasteiger partial charge >= 0.3 is 18.0 Å². The number of amides is 2. The molecule has 1 unspecified atom stereocenters. The van der Waals surface area contributed by atoms with Crippen molar-refractivity contribution in [1.82, 2.24) is 20.1 Å². The molecular formula is C36H32BrFN6O6S. The van der Waals surface area contributed by atoms with E-state index in [4.69, 9.17) is 19.6 Å². The molecule has 51 heavy (non-hydrogen) atoms. The number of thiazole rings is 1. The molecule has 0 aliphatic carbocycles. The van der Waals surface area contributed by atoms with Gasteiger partial charge in [-0.1, -0.05) is 22.0 Å². The topological polar surface area (TPSA) is 137 Å². The normalized spacial score (nSPS) is 19.0. The van der Waals surface area contributed by atoms with Crippen molar-refractivity contribution in [3.63, 3.8) is 0 Å². The fraction of sp³-hybridized carbons (Fsp3) is 0.250. The van der Waals surface area contributed by atoms with E-state index in [0.29, 0.717) is 76.4 Å². The SMILES string of the molecule is CCOC(=O)C1=C(CN2CCN3C(=O)N(c4ccc(Oc5ccc(C(=O)O)cc5)cc4)CC3C2)NC(c2nccs2)=N[C@H]1c1ccc(F)cc1Br. The molecule has 2 atom stereocenters. The van der Waals surface area contributed by atoms with Gasteiger partial charge in [0.05, 0.1) is 23.8 Å². The van der Waals surface area contributed by atoms with Gasteiger partial charge in [-0.05, 0) is 73.2 Å². The molecular weight excluding hydrogens is 743 g/mol. The van der Waals surface area contributed by atoms with Crippen molar-refractivity contribution >= 4 is 56.8 Å². The first kappa shape index (κ1) is 34.3. The van der Waals surface area contributed by atoms with E-state index < -0.39 is 23.8 Å². The molecule has 0 spiro atoms. The fourth-order valence-corrected chi connectivity index (χ4v) is 7.57. The number of esters is 1. The lowest BCUT2D eigenvalue weighted by Crippen LogP contribution is -2.53. The molecule has 7 rings (SSSR count). The lowest BCUT2D eigenvalue weighted by atomic mass is 9.95. The Kier molecular flexibility index (Phi) is 9.84. The number of nitrogens with zero attached hydrogens (tertiary/aromatic N) is 5. The first-order valence-corrected chi connectivity index (χ1v) is 17.9. The van der Waals surface area contributed by atoms with Gasteiger partial charge in [-0.25, -0.2) is 23.8 Å². The van der Waals surface area contributed by atoms with Crippen molar-refractivity contribution in [1.29, 1.82) is 0 Å². The number of ether oxygens (including phenoxy) is 2. The van der Waals surface area contributed by atoms with E-state index in [1.807, 2.05) is 22.4 Å². The Morgan fingerprint density at radius 3 is 2.47 bits per heavy atom. The predicted molar refractivity (Wildman–Crippen MR) is 192 cm³/mol. The summed E-state index contributed by atoms with van der Waals surface area (Å²) in [6.07, 6.45) is 1.68. The largest absolute Gasteiger partial charge is 0.478 e. The Bertz CT molecular complexity index is 2020. The molecule has 2 fully saturated rings. The number of fused-ring (bicyclic) bond motifs is 1. The van der Waals surface area contributed by atoms with E-state index in [9.17, 15) is 18.8 Å². The number of urea groups is 1. The van der Waals surface area contributed by atoms with E-state index in [1.54, 1.807) is 48.4 Å². The molecule has 0 saturated carbocycles. The summed E-state index contributed by atoms with van der Waals surface area (Å²) < 4.78 is 26.0. The van der Waals surface area contributed by atoms with Crippen molar-refractivity contribution in [2.75, 3.05) is 44.2 Å². The van der Waals surface area contributed by atoms with Gasteiger partial charge in [-0.2, -0.15) is 0 Å². The van der Waals surface area contributed by atoms with Crippen LogP contribution in [0.25, 0.3) is 0 Å². The quantitative estimate of drug-likeness (QED) is 0.184. The Morgan fingerprint density at radius 2 is 1.80 bits per heavy atom. The summed E-state index contributed by atoms with van der Waals surface area (Å²) in [5, 5.41) is 15.0. The maximum absolute atomic E-state index is 14.1. The molecule has 15 heteroatoms. The number of anilines is 1. The highest BCUT2D eigenvalue weighted by Gasteiger charge is 2.42. The van der Waals surface area contributed by atoms with Crippen molar-refractivity contribution in [2.24, 2.45) is 4.99 Å². The van der Waals surface area contributed by atoms with Crippen LogP contribution < -0.4 is 15.0 Å². The van der Waals surface area contributed by atoms with E-state index in [-0.39, 0.29) is 24.2 Å². The van der Waals surface area contributed by atoms with E-state index in [2.05, 4.69) is 31.1 Å². The summed E-state index contributed by atoms with van der Waals surface area (Å²) in [4.78, 5) is 53.4. The first-order valence-electron chi connectivity index (χ1n) is 16.2. The Labute approximate surface area is 304 Å². The standard InChI is InChI=1S/C36H32BrFN6O6S/c1-2-49-35(47)30-29(40-32(33-39-13-16-51-33)41-31(30)27-12-5-22(38)17-28(27)37)20-42-14-15-43-24(18-42)19-44(36(43)48)23-6-10-26(11-7-23)50-25-8-3-21(4-9-25)34(45)46/h3-13,16-17,24,31H,2,14-15,18-20H2,1H3,(H,40,41)(H,45,46)/t24?,31-/m0/s1. The van der Waals surface area contributed by atoms with Gasteiger partial charge in [-0.3, -0.25) is 14.8 Å². The third-order valence-electron chi connectivity index (χ3n) is 8.82. The number of carbonyl (C=O) groups is 3. The first-order chi connectivity index (χ1) is 24.7. The number of carboxylic acid groups (broad SMARTS) is 1. The predicted octanol–water partition coefficient (Wildman–Crippen LogP) is 6.07. The highest BCUT2D eigenvalue weighted by molar-refractivity contribution is 9.10. The zero-order chi connectivity index (χ0) is 35.6. The number of benzene rings is 3. The zero-order valence-electron chi connectivity index (χ0n) is 27.3. The molecule has 2 saturated heterocycles. The van der Waals surface area contributed by atoms with Gasteiger partial charge < -0.3 is 24.8 Å². The lowest BCUT2D eigenvalue weighted by molar-refractivity contribution is -0.139. The average Bonchev–Trinajstić information content (AvgIpc) is 3.77. The number of rotatable bonds is 10. The summed E-state index contributed by atoms with van der Waals surface area (Å²) in [5.41, 5.74) is 2.45. The lowest BCUT2D eigenvalue weighted by Gasteiger charge is -2.38. The maximum atomic E-state index is 14.1. The van der Waals surface area contributed by atoms with Crippen molar-refractivity contribution in [2.45, 2.75) is 19.0 Å². The number of amidine groups is 1. The van der Waals surface area contributed by atoms with Crippen LogP contribution in [0.15, 0.2) is 99.0 Å². The summed E-state index contributed by atoms with van der Waals surface area (Å²) in [6.45, 7) is 4.36. The maximum Gasteiger partial charge on any atom is 0.338 e. The van der Waals surface area contributed by atoms with Gasteiger partial charge in [0.1, 0.15) is 23.4 Å². The van der Waals surface area contributed by atoms with Crippen LogP contribution in [0.1, 0.15) is 33.9 Å². The molecule has 2 N–H and O–H groups in total. The number of nitrogens with one attached hydrogen (secondary N) is 1. The Morgan fingerprint density at radius 1 is 1.06 bits per heavy atom. The van der Waals surface area contributed by atoms with Crippen LogP contribution in [0.5, 0.6) is 11.5 Å². The van der Waals surface area contributed by atoms with E-state index in [1.165, 1.54) is 35.6 Å². The number of carboxylic acids is 1. The molecule has 0 bridgehead atoms. The number of aromatic nitrogens is 1. The number of carbonyl (C=O) groups excluding carboxylic acids is 2. The number of hydrogen-bond donors (Lipinski definition) is 2. The number of aromatic carboxylic acids is 1. The molecule has 4 aromatic rings. The molecule has 262 valence electrons. The summed E-state index contributed by atoms with van der Waals surface area (Å²) >= 11 is 4.89. The molecule has 1 aromatic heterocycles. The number of halogens is 2. The van der Waals surface area contributed by atoms with Crippen LogP contribution in [-0.4, -0.2) is 89.1 Å². The summed E-state index contributed by atoms with van der Waals surface area (Å²) in [6, 6.07) is 16.7. The highest BCUT2D eigenvalue weighted by atomic mass is 79.9. The van der Waals surface area contributed by atoms with Crippen LogP contribution in [0, 0.1) is 5.82 Å². The Hall–Kier alpha value is -5.12. The molecule has 3 aliphatic rings. The molecule has 3 aromatic carbocycles. The summed E-state index contributed by atoms with van der Waals surface area (Å²) in [7, 11) is 0. The molecule has 12 nitrogen and oxygen atoms in total. The second-order valence-corrected chi connectivity index (χ2v) is 13.8. The minimum atomic E-state index is -1.01. The average molecular weight is 776 g/mol. The minimum absolute atomic E-state index is 0.0841. The van der Waals surface area contributed by atoms with Gasteiger partial charge in [0.25, 0.3) is 0 Å². The van der Waals surface area contributed by atoms with Crippen molar-refractivity contribution < 1.29 is 33.4 Å². The van der Waals surface area contributed by atoms with Gasteiger partial charge in [0.15, 0.2) is 10.8 Å². The second kappa shape index (κ2) is 14.6. The van der Waals surface area contributed by atoms with Crippen LogP contribution >= 0.6 is 27.3 Å². The fourth-order valence-electron chi connectivity index (χ4n) is 6.42. The van der Waals surface area contributed by atoms with E-state index in [0.717, 1.165) is 5.69 Å². The number of hydrogen-bond acceptors (Lipinski definition) is 10. The molecule has 4 heterocycles. The number of piperazine rings is 1. The van der Waals surface area contributed by atoms with Gasteiger partial charge in [-0.15, -0.1) is 11.3 Å². The van der Waals surface area contributed by atoms with Crippen LogP contribution in [-0.2, 0) is 9.53 Å². The van der Waals surface area contributed by atoms with Gasteiger partial charge in [0, 0.05) is 60.2 Å². The smallest absolute Gasteiger partial charge is 0.338 e. The molecule has 2 amide bonds. The third kappa shape index (κ3) is 7.22. The monoisotopic (exact) mass is 774 g/mol. The number of aliphatic imine (C=N–C) groups is 1. The van der Waals surface area contributed by atoms with Crippen molar-refractivity contribution in [3.8, 4) is 11.5 Å². The molecule has 0 radical (unpaired) electrons.